The zero-order valence-corrected chi connectivity index (χ0v) is 22.2. The number of ether oxygens (including phenoxy) is 1. The second-order valence-corrected chi connectivity index (χ2v) is 9.67. The summed E-state index contributed by atoms with van der Waals surface area (Å²) in [6.07, 6.45) is 1.86. The van der Waals surface area contributed by atoms with Crippen LogP contribution < -0.4 is 16.2 Å². The molecule has 1 aliphatic rings. The largest absolute Gasteiger partial charge is 0.474 e. The molecule has 2 aromatic heterocycles. The summed E-state index contributed by atoms with van der Waals surface area (Å²) in [4.78, 5) is 11.5. The van der Waals surface area contributed by atoms with Crippen LogP contribution in [0.1, 0.15) is 44.9 Å². The molecular formula is C25H32ClFN6O2S. The van der Waals surface area contributed by atoms with Crippen LogP contribution in [0, 0.1) is 11.2 Å². The number of piperidine rings is 1. The number of rotatable bonds is 6. The maximum absolute atomic E-state index is 12.4. The zero-order chi connectivity index (χ0) is 26.4. The number of thiol groups is 1. The average molecular weight is 535 g/mol. The van der Waals surface area contributed by atoms with Gasteiger partial charge >= 0.3 is 0 Å². The fourth-order valence-electron chi connectivity index (χ4n) is 3.77. The van der Waals surface area contributed by atoms with Crippen LogP contribution in [0.2, 0.25) is 5.02 Å². The van der Waals surface area contributed by atoms with Crippen LogP contribution in [0.4, 0.5) is 10.2 Å². The molecule has 3 heterocycles. The van der Waals surface area contributed by atoms with E-state index in [1.165, 1.54) is 18.2 Å². The van der Waals surface area contributed by atoms with Gasteiger partial charge in [0.05, 0.1) is 12.1 Å². The number of nitrogens with two attached hydrogens (primary N) is 2. The Bertz CT molecular complexity index is 1200. The second-order valence-electron chi connectivity index (χ2n) is 8.75. The third kappa shape index (κ3) is 7.19. The lowest BCUT2D eigenvalue weighted by Crippen LogP contribution is -2.42. The molecular weight excluding hydrogens is 503 g/mol. The third-order valence-electron chi connectivity index (χ3n) is 5.76. The van der Waals surface area contributed by atoms with Gasteiger partial charge in [0.15, 0.2) is 5.76 Å². The maximum Gasteiger partial charge on any atom is 0.228 e. The highest BCUT2D eigenvalue weighted by Gasteiger charge is 2.25. The summed E-state index contributed by atoms with van der Waals surface area (Å²) >= 11 is 9.31. The molecule has 1 fully saturated rings. The van der Waals surface area contributed by atoms with Crippen LogP contribution in [0.3, 0.4) is 0 Å². The molecule has 0 aliphatic carbocycles. The highest BCUT2D eigenvalue weighted by molar-refractivity contribution is 7.80. The predicted molar refractivity (Wildman–Crippen MR) is 144 cm³/mol. The molecule has 4 rings (SSSR count). The van der Waals surface area contributed by atoms with Crippen molar-refractivity contribution in [3.05, 3.63) is 52.5 Å². The van der Waals surface area contributed by atoms with E-state index in [4.69, 9.17) is 37.6 Å². The Balaban J connectivity index is 0.000000338. The maximum atomic E-state index is 12.4. The van der Waals surface area contributed by atoms with Gasteiger partial charge < -0.3 is 30.9 Å². The molecule has 0 saturated carbocycles. The van der Waals surface area contributed by atoms with Crippen molar-refractivity contribution in [2.45, 2.75) is 57.2 Å². The van der Waals surface area contributed by atoms with Gasteiger partial charge in [-0.3, -0.25) is 0 Å². The summed E-state index contributed by atoms with van der Waals surface area (Å²) in [6.45, 7) is 8.31. The normalized spacial score (nSPS) is 14.4. The Hall–Kier alpha value is -2.66. The molecule has 1 aliphatic heterocycles. The molecule has 3 aromatic rings. The Morgan fingerprint density at radius 1 is 1.28 bits per heavy atom. The molecule has 194 valence electrons. The van der Waals surface area contributed by atoms with Gasteiger partial charge in [-0.2, -0.15) is 4.98 Å². The van der Waals surface area contributed by atoms with E-state index in [2.05, 4.69) is 41.3 Å². The monoisotopic (exact) mass is 534 g/mol. The van der Waals surface area contributed by atoms with Gasteiger partial charge in [-0.1, -0.05) is 11.6 Å². The first-order valence-corrected chi connectivity index (χ1v) is 12.5. The van der Waals surface area contributed by atoms with E-state index >= 15 is 0 Å². The van der Waals surface area contributed by atoms with Gasteiger partial charge in [0.2, 0.25) is 11.7 Å². The van der Waals surface area contributed by atoms with E-state index in [1.54, 1.807) is 19.1 Å². The first kappa shape index (κ1) is 27.9. The Morgan fingerprint density at radius 3 is 2.50 bits per heavy atom. The first-order valence-electron chi connectivity index (χ1n) is 11.7. The SMILES string of the molecule is CC(=N)c1c(N)nc(-c2ccc(CN)o2)nc1OC1CCN(C(C)C)CC1.Fc1ccc(Cl)cc1S. The Labute approximate surface area is 221 Å². The minimum Gasteiger partial charge on any atom is -0.474 e. The molecule has 0 radical (unpaired) electrons. The number of halogens is 2. The Kier molecular flexibility index (Phi) is 9.72. The summed E-state index contributed by atoms with van der Waals surface area (Å²) in [6, 6.07) is 8.30. The van der Waals surface area contributed by atoms with Crippen molar-refractivity contribution in [3.8, 4) is 17.5 Å². The number of furan rings is 1. The molecule has 0 atom stereocenters. The van der Waals surface area contributed by atoms with E-state index in [0.717, 1.165) is 25.9 Å². The first-order chi connectivity index (χ1) is 17.1. The molecule has 1 saturated heterocycles. The number of nitrogens with zero attached hydrogens (tertiary/aromatic N) is 3. The summed E-state index contributed by atoms with van der Waals surface area (Å²) in [5.41, 5.74) is 12.4. The van der Waals surface area contributed by atoms with Gasteiger partial charge in [-0.05, 0) is 63.9 Å². The molecule has 11 heteroatoms. The van der Waals surface area contributed by atoms with Crippen molar-refractivity contribution in [3.63, 3.8) is 0 Å². The summed E-state index contributed by atoms with van der Waals surface area (Å²) in [5.74, 6) is 1.68. The standard InChI is InChI=1S/C19H28N6O2.C6H4ClFS/c1-11(2)25-8-6-13(7-9-25)27-19-16(12(3)21)17(22)23-18(24-19)15-5-4-14(10-20)26-15;7-4-1-2-5(8)6(9)3-4/h4-5,11,13,21H,6-10,20H2,1-3H3,(H2,22,23,24);1-3,9H. The van der Waals surface area contributed by atoms with Crippen LogP contribution in [-0.4, -0.2) is 45.8 Å². The number of likely N-dealkylation sites (tertiary alicyclic amines) is 1. The Morgan fingerprint density at radius 2 is 1.97 bits per heavy atom. The van der Waals surface area contributed by atoms with Crippen molar-refractivity contribution in [2.75, 3.05) is 18.8 Å². The van der Waals surface area contributed by atoms with Crippen LogP contribution in [0.15, 0.2) is 39.6 Å². The van der Waals surface area contributed by atoms with Crippen LogP contribution in [-0.2, 0) is 6.54 Å². The average Bonchev–Trinajstić information content (AvgIpc) is 3.31. The smallest absolute Gasteiger partial charge is 0.228 e. The molecule has 5 N–H and O–H groups in total. The lowest BCUT2D eigenvalue weighted by Gasteiger charge is -2.34. The number of anilines is 1. The van der Waals surface area contributed by atoms with Gasteiger partial charge in [-0.25, -0.2) is 9.37 Å². The van der Waals surface area contributed by atoms with Gasteiger partial charge in [0.1, 0.15) is 23.5 Å². The molecule has 0 amide bonds. The zero-order valence-electron chi connectivity index (χ0n) is 20.6. The fourth-order valence-corrected chi connectivity index (χ4v) is 4.23. The molecule has 1 aromatic carbocycles. The lowest BCUT2D eigenvalue weighted by atomic mass is 10.1. The highest BCUT2D eigenvalue weighted by atomic mass is 35.5. The quantitative estimate of drug-likeness (QED) is 0.253. The second kappa shape index (κ2) is 12.5. The van der Waals surface area contributed by atoms with Crippen molar-refractivity contribution in [1.29, 1.82) is 5.41 Å². The van der Waals surface area contributed by atoms with Crippen LogP contribution >= 0.6 is 24.2 Å². The number of benzene rings is 1. The minimum absolute atomic E-state index is 0.0384. The molecule has 0 unspecified atom stereocenters. The topological polar surface area (TPSA) is 127 Å². The lowest BCUT2D eigenvalue weighted by molar-refractivity contribution is 0.0811. The molecule has 8 nitrogen and oxygen atoms in total. The van der Waals surface area contributed by atoms with Gasteiger partial charge in [-0.15, -0.1) is 12.6 Å². The number of nitrogens with one attached hydrogen (secondary N) is 1. The van der Waals surface area contributed by atoms with E-state index in [-0.39, 0.29) is 28.3 Å². The van der Waals surface area contributed by atoms with Crippen LogP contribution in [0.5, 0.6) is 5.88 Å². The summed E-state index contributed by atoms with van der Waals surface area (Å²) in [5, 5.41) is 8.54. The number of aromatic nitrogens is 2. The predicted octanol–water partition coefficient (Wildman–Crippen LogP) is 5.18. The number of hydrogen-bond acceptors (Lipinski definition) is 9. The van der Waals surface area contributed by atoms with E-state index in [0.29, 0.717) is 46.4 Å². The molecule has 0 spiro atoms. The van der Waals surface area contributed by atoms with Crippen LogP contribution in [0.25, 0.3) is 11.6 Å². The van der Waals surface area contributed by atoms with Crippen molar-refractivity contribution in [2.24, 2.45) is 5.73 Å². The minimum atomic E-state index is -0.345. The highest BCUT2D eigenvalue weighted by Crippen LogP contribution is 2.29. The van der Waals surface area contributed by atoms with Crippen molar-refractivity contribution < 1.29 is 13.5 Å². The summed E-state index contributed by atoms with van der Waals surface area (Å²) in [7, 11) is 0. The third-order valence-corrected chi connectivity index (χ3v) is 6.33. The van der Waals surface area contributed by atoms with E-state index < -0.39 is 0 Å². The van der Waals surface area contributed by atoms with Gasteiger partial charge in [0.25, 0.3) is 0 Å². The van der Waals surface area contributed by atoms with Gasteiger partial charge in [0, 0.05) is 34.8 Å². The molecule has 0 bridgehead atoms. The van der Waals surface area contributed by atoms with E-state index in [1.807, 2.05) is 0 Å². The summed E-state index contributed by atoms with van der Waals surface area (Å²) < 4.78 is 24.2. The van der Waals surface area contributed by atoms with E-state index in [9.17, 15) is 4.39 Å². The van der Waals surface area contributed by atoms with Crippen molar-refractivity contribution in [1.82, 2.24) is 14.9 Å². The number of nitrogen functional groups attached to an aromatic ring is 1. The number of hydrogen-bond donors (Lipinski definition) is 4. The van der Waals surface area contributed by atoms with Crippen molar-refractivity contribution >= 4 is 35.8 Å². The fraction of sp³-hybridized carbons (Fsp3) is 0.400. The molecule has 36 heavy (non-hydrogen) atoms.